The first-order chi connectivity index (χ1) is 36.7. The molecular weight excluding hydrogens is 929 g/mol. The van der Waals surface area contributed by atoms with Gasteiger partial charge < -0.3 is 38.1 Å². The molecule has 12 heteroatoms. The predicted octanol–water partition coefficient (Wildman–Crippen LogP) is 12.3. The zero-order chi connectivity index (χ0) is 51.8. The highest BCUT2D eigenvalue weighted by Crippen LogP contribution is 2.32. The molecule has 1 heterocycles. The number of aliphatic imine (C=N–C) groups is 1. The van der Waals surface area contributed by atoms with Crippen molar-refractivity contribution in [3.63, 3.8) is 0 Å². The van der Waals surface area contributed by atoms with E-state index in [0.29, 0.717) is 35.6 Å². The van der Waals surface area contributed by atoms with Gasteiger partial charge in [0.1, 0.15) is 11.0 Å². The zero-order valence-electron chi connectivity index (χ0n) is 42.3. The second-order valence-electron chi connectivity index (χ2n) is 18.8. The van der Waals surface area contributed by atoms with E-state index in [0.717, 1.165) is 143 Å². The fraction of sp³-hybridized carbons (Fsp3) is 0.190. The number of carbonyl (C=O) groups is 2. The molecule has 0 bridgehead atoms. The minimum Gasteiger partial charge on any atom is -0.399 e. The molecule has 0 saturated carbocycles. The largest absolute Gasteiger partial charge is 0.399 e. The maximum atomic E-state index is 13.0. The number of aromatic nitrogens is 2. The van der Waals surface area contributed by atoms with Gasteiger partial charge in [-0.25, -0.2) is 9.98 Å². The van der Waals surface area contributed by atoms with Gasteiger partial charge in [0.05, 0.1) is 17.1 Å². The molecule has 1 aliphatic carbocycles. The molecule has 0 atom stereocenters. The molecule has 2 amide bonds. The van der Waals surface area contributed by atoms with Crippen molar-refractivity contribution in [1.82, 2.24) is 20.9 Å². The lowest BCUT2D eigenvalue weighted by molar-refractivity contribution is -0.538. The van der Waals surface area contributed by atoms with Crippen LogP contribution >= 0.6 is 0 Å². The Hall–Kier alpha value is -9.03. The number of benzene rings is 7. The van der Waals surface area contributed by atoms with E-state index in [9.17, 15) is 9.59 Å². The number of nitrogens with one attached hydrogen (secondary N) is 5. The van der Waals surface area contributed by atoms with Crippen LogP contribution in [-0.2, 0) is 0 Å². The number of nitrogen functional groups attached to an aromatic ring is 2. The Morgan fingerprint density at radius 3 is 1.71 bits per heavy atom. The normalized spacial score (nSPS) is 12.7. The molecule has 8 aromatic rings. The molecule has 0 fully saturated rings. The molecule has 1 aromatic heterocycles. The summed E-state index contributed by atoms with van der Waals surface area (Å²) >= 11 is 0. The zero-order valence-corrected chi connectivity index (χ0v) is 42.3. The predicted molar refractivity (Wildman–Crippen MR) is 309 cm³/mol. The van der Waals surface area contributed by atoms with Crippen molar-refractivity contribution in [2.24, 2.45) is 4.99 Å². The number of anilines is 5. The van der Waals surface area contributed by atoms with Gasteiger partial charge in [0.25, 0.3) is 11.8 Å². The van der Waals surface area contributed by atoms with Crippen LogP contribution in [0.4, 0.5) is 34.1 Å². The van der Waals surface area contributed by atoms with Gasteiger partial charge in [-0.2, -0.15) is 0 Å². The second-order valence-corrected chi connectivity index (χ2v) is 18.8. The van der Waals surface area contributed by atoms with Crippen molar-refractivity contribution in [1.29, 1.82) is 0 Å². The Bertz CT molecular complexity index is 3370. The van der Waals surface area contributed by atoms with Gasteiger partial charge in [-0.15, -0.1) is 4.57 Å². The van der Waals surface area contributed by atoms with E-state index in [1.54, 1.807) is 0 Å². The van der Waals surface area contributed by atoms with Crippen LogP contribution in [0.3, 0.4) is 0 Å². The maximum absolute atomic E-state index is 13.0. The van der Waals surface area contributed by atoms with Crippen LogP contribution in [0.5, 0.6) is 0 Å². The lowest BCUT2D eigenvalue weighted by Crippen LogP contribution is -2.33. The summed E-state index contributed by atoms with van der Waals surface area (Å²) < 4.78 is 2.22. The van der Waals surface area contributed by atoms with Crippen LogP contribution < -0.4 is 42.6 Å². The van der Waals surface area contributed by atoms with Gasteiger partial charge in [-0.1, -0.05) is 92.9 Å². The van der Waals surface area contributed by atoms with Crippen molar-refractivity contribution in [2.75, 3.05) is 48.3 Å². The van der Waals surface area contributed by atoms with Crippen LogP contribution in [0.15, 0.2) is 205 Å². The van der Waals surface area contributed by atoms with Crippen LogP contribution in [0.1, 0.15) is 72.1 Å². The number of rotatable bonds is 23. The lowest BCUT2D eigenvalue weighted by atomic mass is 10.0. The third kappa shape index (κ3) is 13.7. The SMILES string of the molecule is C=C1C=C(NCCCCCCNC(=O)c2ccc(-c3ccc(C(=O)NCCCCCCNc4ccc5nc6ccc(N)cc6[n+](-c6ccccc6)c5c4)cc3)cc2)C=CC1=Nc1ccc(N)cc1Nc1ccccc1. The second kappa shape index (κ2) is 25.1. The third-order valence-corrected chi connectivity index (χ3v) is 13.2. The van der Waals surface area contributed by atoms with Crippen molar-refractivity contribution in [2.45, 2.75) is 51.4 Å². The minimum atomic E-state index is -0.0805. The van der Waals surface area contributed by atoms with Gasteiger partial charge in [0.15, 0.2) is 0 Å². The summed E-state index contributed by atoms with van der Waals surface area (Å²) in [5.74, 6) is -0.159. The van der Waals surface area contributed by atoms with E-state index < -0.39 is 0 Å². The minimum absolute atomic E-state index is 0.0782. The fourth-order valence-electron chi connectivity index (χ4n) is 9.11. The third-order valence-electron chi connectivity index (χ3n) is 13.2. The molecule has 0 radical (unpaired) electrons. The molecular formula is C63H65N10O2+. The van der Waals surface area contributed by atoms with Crippen molar-refractivity contribution in [3.05, 3.63) is 211 Å². The number of fused-ring (bicyclic) bond motifs is 2. The average molecular weight is 994 g/mol. The first-order valence-corrected chi connectivity index (χ1v) is 26.0. The van der Waals surface area contributed by atoms with Crippen LogP contribution in [-0.4, -0.2) is 48.7 Å². The number of amides is 2. The van der Waals surface area contributed by atoms with E-state index in [1.165, 1.54) is 0 Å². The fourth-order valence-corrected chi connectivity index (χ4v) is 9.11. The molecule has 0 aliphatic heterocycles. The van der Waals surface area contributed by atoms with Gasteiger partial charge >= 0.3 is 0 Å². The molecule has 9 N–H and O–H groups in total. The Morgan fingerprint density at radius 1 is 0.533 bits per heavy atom. The summed E-state index contributed by atoms with van der Waals surface area (Å²) in [5, 5.41) is 16.7. The average Bonchev–Trinajstić information content (AvgIpc) is 3.43. The van der Waals surface area contributed by atoms with E-state index in [-0.39, 0.29) is 11.8 Å². The Labute approximate surface area is 439 Å². The Morgan fingerprint density at radius 2 is 1.08 bits per heavy atom. The van der Waals surface area contributed by atoms with Gasteiger partial charge in [-0.3, -0.25) is 9.59 Å². The van der Waals surface area contributed by atoms with E-state index >= 15 is 0 Å². The van der Waals surface area contributed by atoms with E-state index in [2.05, 4.69) is 68.1 Å². The number of carbonyl (C=O) groups excluding carboxylic acids is 2. The lowest BCUT2D eigenvalue weighted by Gasteiger charge is -2.15. The highest BCUT2D eigenvalue weighted by atomic mass is 16.2. The Balaban J connectivity index is 0.628. The molecule has 9 rings (SSSR count). The monoisotopic (exact) mass is 994 g/mol. The topological polar surface area (TPSA) is 175 Å². The van der Waals surface area contributed by atoms with E-state index in [1.807, 2.05) is 152 Å². The summed E-state index contributed by atoms with van der Waals surface area (Å²) in [6.07, 6.45) is 14.0. The van der Waals surface area contributed by atoms with E-state index in [4.69, 9.17) is 21.4 Å². The summed E-state index contributed by atoms with van der Waals surface area (Å²) in [5.41, 5.74) is 27.9. The number of allylic oxidation sites excluding steroid dienone is 4. The molecule has 1 aliphatic rings. The Kier molecular flexibility index (Phi) is 17.0. The van der Waals surface area contributed by atoms with Gasteiger partial charge in [-0.05, 0) is 139 Å². The standard InChI is InChI=1S/C63H64N10O2/c1-44-40-52(30-34-55(44)71-56-32-28-49(64)41-59(56)70-51-16-8-6-9-17-51)66-36-12-2-4-14-38-68-62(74)47-24-20-45(21-25-47)46-22-26-48(27-23-46)63(75)69-39-15-5-3-13-37-67-53-31-35-58-61(43-53)73(54-18-10-7-11-19-54)60-42-50(65)29-33-57(60)72-58/h6-11,16-35,40-43,66,70H,1-5,12-15,36-39,64H2,(H4,65,67,68,69,74,75)/p+1. The maximum Gasteiger partial charge on any atom is 0.251 e. The van der Waals surface area contributed by atoms with Crippen LogP contribution in [0, 0.1) is 0 Å². The smallest absolute Gasteiger partial charge is 0.251 e. The summed E-state index contributed by atoms with van der Waals surface area (Å²) in [6, 6.07) is 53.3. The number of unbranched alkanes of at least 4 members (excludes halogenated alkanes) is 6. The molecule has 0 spiro atoms. The molecule has 75 heavy (non-hydrogen) atoms. The van der Waals surface area contributed by atoms with Gasteiger partial charge in [0, 0.05) is 90.0 Å². The number of hydrogen-bond donors (Lipinski definition) is 7. The van der Waals surface area contributed by atoms with Crippen molar-refractivity contribution < 1.29 is 14.2 Å². The molecule has 0 saturated heterocycles. The quantitative estimate of drug-likeness (QED) is 0.0143. The first-order valence-electron chi connectivity index (χ1n) is 26.0. The number of nitrogens with zero attached hydrogens (tertiary/aromatic N) is 3. The number of nitrogens with two attached hydrogens (primary N) is 2. The van der Waals surface area contributed by atoms with Crippen LogP contribution in [0.2, 0.25) is 0 Å². The molecule has 12 nitrogen and oxygen atoms in total. The first kappa shape index (κ1) is 50.9. The van der Waals surface area contributed by atoms with Crippen molar-refractivity contribution >= 4 is 73.7 Å². The van der Waals surface area contributed by atoms with Gasteiger partial charge in [0.2, 0.25) is 16.7 Å². The highest BCUT2D eigenvalue weighted by molar-refractivity contribution is 6.13. The summed E-state index contributed by atoms with van der Waals surface area (Å²) in [7, 11) is 0. The summed E-state index contributed by atoms with van der Waals surface area (Å²) in [6.45, 7) is 7.19. The molecule has 378 valence electrons. The molecule has 0 unspecified atom stereocenters. The molecule has 7 aromatic carbocycles. The highest BCUT2D eigenvalue weighted by Gasteiger charge is 2.20. The number of para-hydroxylation sites is 2. The number of hydrogen-bond acceptors (Lipinski definition) is 9. The van der Waals surface area contributed by atoms with Crippen LogP contribution in [0.25, 0.3) is 38.9 Å². The van der Waals surface area contributed by atoms with Crippen molar-refractivity contribution in [3.8, 4) is 16.8 Å². The summed E-state index contributed by atoms with van der Waals surface area (Å²) in [4.78, 5) is 35.7.